The molecule has 1 amide bonds. The smallest absolute Gasteiger partial charge is 0.328 e. The molecule has 0 N–H and O–H groups in total. The first kappa shape index (κ1) is 15.4. The fourth-order valence-corrected chi connectivity index (χ4v) is 3.13. The summed E-state index contributed by atoms with van der Waals surface area (Å²) in [5, 5.41) is 8.69. The van der Waals surface area contributed by atoms with Gasteiger partial charge in [-0.2, -0.15) is 5.26 Å². The minimum absolute atomic E-state index is 0.177. The van der Waals surface area contributed by atoms with E-state index < -0.39 is 6.04 Å². The van der Waals surface area contributed by atoms with Crippen molar-refractivity contribution >= 4 is 23.6 Å². The van der Waals surface area contributed by atoms with Gasteiger partial charge in [0.1, 0.15) is 6.04 Å². The quantitative estimate of drug-likeness (QED) is 0.629. The summed E-state index contributed by atoms with van der Waals surface area (Å²) in [5.74, 6) is -0.267. The van der Waals surface area contributed by atoms with E-state index in [2.05, 4.69) is 6.07 Å². The fraction of sp³-hybridized carbons (Fsp3) is 0.400. The van der Waals surface area contributed by atoms with Crippen molar-refractivity contribution in [1.29, 1.82) is 5.26 Å². The molecular weight excluding hydrogens is 288 g/mol. The molecule has 1 heterocycles. The van der Waals surface area contributed by atoms with Gasteiger partial charge in [0.2, 0.25) is 0 Å². The van der Waals surface area contributed by atoms with Crippen molar-refractivity contribution in [3.63, 3.8) is 0 Å². The minimum Gasteiger partial charge on any atom is -0.467 e. The average molecular weight is 304 g/mol. The van der Waals surface area contributed by atoms with Crippen molar-refractivity contribution < 1.29 is 14.3 Å². The highest BCUT2D eigenvalue weighted by atomic mass is 32.2. The van der Waals surface area contributed by atoms with Crippen molar-refractivity contribution in [3.05, 3.63) is 29.8 Å². The number of hydrogen-bond donors (Lipinski definition) is 0. The standard InChI is InChI=1S/C15H16N2O3S/c1-20-15(19)12-6-4-9-17(12)14(18)11-5-2-3-7-13(11)21-10-8-16/h2-3,5,7,12H,4,6,9-10H2,1H3. The van der Waals surface area contributed by atoms with Gasteiger partial charge in [-0.1, -0.05) is 12.1 Å². The molecule has 1 atom stereocenters. The van der Waals surface area contributed by atoms with Crippen LogP contribution in [0, 0.1) is 11.3 Å². The molecule has 1 aromatic rings. The summed E-state index contributed by atoms with van der Waals surface area (Å²) in [6.07, 6.45) is 1.42. The second kappa shape index (κ2) is 7.14. The summed E-state index contributed by atoms with van der Waals surface area (Å²) in [6, 6.07) is 8.71. The summed E-state index contributed by atoms with van der Waals surface area (Å²) < 4.78 is 4.76. The zero-order valence-electron chi connectivity index (χ0n) is 11.7. The Hall–Kier alpha value is -2.00. The number of likely N-dealkylation sites (tertiary alicyclic amines) is 1. The normalized spacial score (nSPS) is 17.3. The molecule has 5 nitrogen and oxygen atoms in total. The molecule has 1 unspecified atom stereocenters. The first-order chi connectivity index (χ1) is 10.2. The third kappa shape index (κ3) is 3.37. The van der Waals surface area contributed by atoms with E-state index in [1.54, 1.807) is 17.0 Å². The van der Waals surface area contributed by atoms with Crippen LogP contribution in [0.2, 0.25) is 0 Å². The molecule has 21 heavy (non-hydrogen) atoms. The molecule has 1 fully saturated rings. The maximum atomic E-state index is 12.7. The van der Waals surface area contributed by atoms with Crippen LogP contribution < -0.4 is 0 Å². The predicted molar refractivity (Wildman–Crippen MR) is 78.9 cm³/mol. The largest absolute Gasteiger partial charge is 0.467 e. The number of benzene rings is 1. The van der Waals surface area contributed by atoms with E-state index in [1.807, 2.05) is 12.1 Å². The molecule has 2 rings (SSSR count). The summed E-state index contributed by atoms with van der Waals surface area (Å²) in [5.41, 5.74) is 0.536. The number of ether oxygens (including phenoxy) is 1. The number of rotatable bonds is 4. The predicted octanol–water partition coefficient (Wildman–Crippen LogP) is 2.08. The molecule has 0 spiro atoms. The van der Waals surface area contributed by atoms with Crippen LogP contribution in [0.1, 0.15) is 23.2 Å². The number of hydrogen-bond acceptors (Lipinski definition) is 5. The van der Waals surface area contributed by atoms with Gasteiger partial charge in [0, 0.05) is 11.4 Å². The Morgan fingerprint density at radius 1 is 1.48 bits per heavy atom. The molecule has 0 aliphatic carbocycles. The second-order valence-corrected chi connectivity index (χ2v) is 5.64. The van der Waals surface area contributed by atoms with Crippen molar-refractivity contribution in [1.82, 2.24) is 4.90 Å². The summed E-state index contributed by atoms with van der Waals surface area (Å²) >= 11 is 1.32. The molecule has 0 bridgehead atoms. The van der Waals surface area contributed by atoms with Gasteiger partial charge >= 0.3 is 5.97 Å². The molecule has 1 aliphatic heterocycles. The molecule has 1 saturated heterocycles. The van der Waals surface area contributed by atoms with Gasteiger partial charge in [-0.15, -0.1) is 11.8 Å². The monoisotopic (exact) mass is 304 g/mol. The van der Waals surface area contributed by atoms with Crippen molar-refractivity contribution in [2.45, 2.75) is 23.8 Å². The Bertz CT molecular complexity index is 583. The van der Waals surface area contributed by atoms with Gasteiger partial charge in [0.05, 0.1) is 24.5 Å². The number of carbonyl (C=O) groups is 2. The summed E-state index contributed by atoms with van der Waals surface area (Å²) in [6.45, 7) is 0.551. The van der Waals surface area contributed by atoms with Crippen LogP contribution in [0.25, 0.3) is 0 Å². The van der Waals surface area contributed by atoms with Gasteiger partial charge in [-0.25, -0.2) is 4.79 Å². The van der Waals surface area contributed by atoms with Gasteiger partial charge in [0.15, 0.2) is 0 Å². The Balaban J connectivity index is 2.23. The number of nitrogens with zero attached hydrogens (tertiary/aromatic N) is 2. The van der Waals surface area contributed by atoms with E-state index in [0.717, 1.165) is 11.3 Å². The highest BCUT2D eigenvalue weighted by molar-refractivity contribution is 7.99. The molecule has 110 valence electrons. The molecular formula is C15H16N2O3S. The maximum absolute atomic E-state index is 12.7. The molecule has 1 aliphatic rings. The van der Waals surface area contributed by atoms with Crippen molar-refractivity contribution in [2.75, 3.05) is 19.4 Å². The first-order valence-electron chi connectivity index (χ1n) is 6.66. The lowest BCUT2D eigenvalue weighted by Crippen LogP contribution is -2.41. The van der Waals surface area contributed by atoms with Gasteiger partial charge in [-0.3, -0.25) is 4.79 Å². The van der Waals surface area contributed by atoms with Crippen LogP contribution in [0.4, 0.5) is 0 Å². The number of carbonyl (C=O) groups excluding carboxylic acids is 2. The van der Waals surface area contributed by atoms with Crippen molar-refractivity contribution in [2.24, 2.45) is 0 Å². The number of nitriles is 1. The molecule has 0 radical (unpaired) electrons. The third-order valence-electron chi connectivity index (χ3n) is 3.40. The Morgan fingerprint density at radius 2 is 2.24 bits per heavy atom. The van der Waals surface area contributed by atoms with Crippen LogP contribution in [0.3, 0.4) is 0 Å². The Labute approximate surface area is 127 Å². The molecule has 0 aromatic heterocycles. The van der Waals surface area contributed by atoms with E-state index in [9.17, 15) is 9.59 Å². The van der Waals surface area contributed by atoms with Crippen LogP contribution in [-0.2, 0) is 9.53 Å². The number of methoxy groups -OCH3 is 1. The molecule has 0 saturated carbocycles. The lowest BCUT2D eigenvalue weighted by Gasteiger charge is -2.23. The second-order valence-electron chi connectivity index (χ2n) is 4.62. The zero-order valence-corrected chi connectivity index (χ0v) is 12.6. The maximum Gasteiger partial charge on any atom is 0.328 e. The van der Waals surface area contributed by atoms with Crippen LogP contribution >= 0.6 is 11.8 Å². The van der Waals surface area contributed by atoms with Crippen molar-refractivity contribution in [3.8, 4) is 6.07 Å². The average Bonchev–Trinajstić information content (AvgIpc) is 3.01. The topological polar surface area (TPSA) is 70.4 Å². The van der Waals surface area contributed by atoms with E-state index in [1.165, 1.54) is 18.9 Å². The highest BCUT2D eigenvalue weighted by Crippen LogP contribution is 2.27. The van der Waals surface area contributed by atoms with E-state index in [-0.39, 0.29) is 17.6 Å². The number of thioether (sulfide) groups is 1. The summed E-state index contributed by atoms with van der Waals surface area (Å²) in [7, 11) is 1.33. The lowest BCUT2D eigenvalue weighted by molar-refractivity contribution is -0.145. The van der Waals surface area contributed by atoms with Crippen LogP contribution in [0.5, 0.6) is 0 Å². The number of esters is 1. The highest BCUT2D eigenvalue weighted by Gasteiger charge is 2.35. The van der Waals surface area contributed by atoms with E-state index in [0.29, 0.717) is 18.5 Å². The molecule has 6 heteroatoms. The van der Waals surface area contributed by atoms with E-state index in [4.69, 9.17) is 10.00 Å². The van der Waals surface area contributed by atoms with Crippen LogP contribution in [0.15, 0.2) is 29.2 Å². The van der Waals surface area contributed by atoms with Gasteiger partial charge in [-0.05, 0) is 25.0 Å². The SMILES string of the molecule is COC(=O)C1CCCN1C(=O)c1ccccc1SCC#N. The third-order valence-corrected chi connectivity index (χ3v) is 4.34. The van der Waals surface area contributed by atoms with Gasteiger partial charge < -0.3 is 9.64 Å². The first-order valence-corrected chi connectivity index (χ1v) is 7.65. The Morgan fingerprint density at radius 3 is 2.95 bits per heavy atom. The number of amides is 1. The van der Waals surface area contributed by atoms with Gasteiger partial charge in [0.25, 0.3) is 5.91 Å². The zero-order chi connectivity index (χ0) is 15.2. The minimum atomic E-state index is -0.503. The fourth-order valence-electron chi connectivity index (χ4n) is 2.42. The lowest BCUT2D eigenvalue weighted by atomic mass is 10.1. The van der Waals surface area contributed by atoms with E-state index >= 15 is 0 Å². The summed E-state index contributed by atoms with van der Waals surface area (Å²) in [4.78, 5) is 26.8. The Kier molecular flexibility index (Phi) is 5.23. The van der Waals surface area contributed by atoms with Crippen LogP contribution in [-0.4, -0.2) is 42.2 Å². The molecule has 1 aromatic carbocycles.